The molecule has 1 atom stereocenters. The van der Waals surface area contributed by atoms with Gasteiger partial charge in [-0.1, -0.05) is 31.0 Å². The maximum absolute atomic E-state index is 12.5. The maximum Gasteiger partial charge on any atom is 0.339 e. The van der Waals surface area contributed by atoms with Crippen LogP contribution in [0, 0.1) is 0 Å². The average molecular weight is 342 g/mol. The van der Waals surface area contributed by atoms with E-state index in [9.17, 15) is 14.4 Å². The second kappa shape index (κ2) is 7.51. The Balaban J connectivity index is 1.77. The van der Waals surface area contributed by atoms with Gasteiger partial charge in [-0.05, 0) is 25.8 Å². The number of benzene rings is 1. The monoisotopic (exact) mass is 342 g/mol. The molecule has 1 amide bonds. The molecule has 3 rings (SSSR count). The van der Waals surface area contributed by atoms with Crippen LogP contribution in [-0.2, 0) is 9.53 Å². The number of pyridine rings is 1. The summed E-state index contributed by atoms with van der Waals surface area (Å²) in [4.78, 5) is 41.3. The molecule has 0 radical (unpaired) electrons. The van der Waals surface area contributed by atoms with E-state index in [1.165, 1.54) is 6.07 Å². The van der Waals surface area contributed by atoms with Crippen LogP contribution in [0.3, 0.4) is 0 Å². The van der Waals surface area contributed by atoms with Crippen molar-refractivity contribution in [2.45, 2.75) is 38.7 Å². The van der Waals surface area contributed by atoms with E-state index >= 15 is 0 Å². The van der Waals surface area contributed by atoms with E-state index < -0.39 is 12.1 Å². The summed E-state index contributed by atoms with van der Waals surface area (Å²) in [5.74, 6) is -0.831. The first-order chi connectivity index (χ1) is 12.1. The Hall–Kier alpha value is -2.63. The van der Waals surface area contributed by atoms with Crippen LogP contribution in [0.1, 0.15) is 43.0 Å². The molecule has 1 aromatic heterocycles. The Morgan fingerprint density at radius 3 is 2.52 bits per heavy atom. The van der Waals surface area contributed by atoms with Crippen molar-refractivity contribution in [3.8, 4) is 0 Å². The number of esters is 1. The zero-order valence-electron chi connectivity index (χ0n) is 14.3. The summed E-state index contributed by atoms with van der Waals surface area (Å²) < 4.78 is 5.37. The molecule has 0 spiro atoms. The highest BCUT2D eigenvalue weighted by atomic mass is 16.5. The number of nitrogens with one attached hydrogen (secondary N) is 1. The highest BCUT2D eigenvalue weighted by Crippen LogP contribution is 2.17. The Morgan fingerprint density at radius 2 is 1.80 bits per heavy atom. The van der Waals surface area contributed by atoms with Crippen LogP contribution in [0.25, 0.3) is 10.9 Å². The molecular weight excluding hydrogens is 320 g/mol. The summed E-state index contributed by atoms with van der Waals surface area (Å²) in [5.41, 5.74) is 0.362. The largest absolute Gasteiger partial charge is 0.449 e. The Kier molecular flexibility index (Phi) is 5.16. The minimum absolute atomic E-state index is 0.176. The van der Waals surface area contributed by atoms with Gasteiger partial charge in [0.2, 0.25) is 5.56 Å². The number of carbonyl (C=O) groups excluding carboxylic acids is 2. The van der Waals surface area contributed by atoms with Gasteiger partial charge in [0.1, 0.15) is 0 Å². The van der Waals surface area contributed by atoms with E-state index in [4.69, 9.17) is 4.74 Å². The lowest BCUT2D eigenvalue weighted by molar-refractivity contribution is -0.139. The van der Waals surface area contributed by atoms with E-state index in [0.29, 0.717) is 24.0 Å². The molecule has 6 heteroatoms. The molecule has 0 unspecified atom stereocenters. The first-order valence-corrected chi connectivity index (χ1v) is 8.68. The lowest BCUT2D eigenvalue weighted by atomic mass is 10.1. The molecule has 1 N–H and O–H groups in total. The summed E-state index contributed by atoms with van der Waals surface area (Å²) in [6.07, 6.45) is 3.33. The minimum atomic E-state index is -0.872. The van der Waals surface area contributed by atoms with Gasteiger partial charge in [0, 0.05) is 30.1 Å². The molecule has 0 saturated carbocycles. The molecule has 1 fully saturated rings. The van der Waals surface area contributed by atoms with Crippen LogP contribution in [-0.4, -0.2) is 41.0 Å². The molecule has 1 saturated heterocycles. The van der Waals surface area contributed by atoms with Crippen molar-refractivity contribution < 1.29 is 14.3 Å². The van der Waals surface area contributed by atoms with Gasteiger partial charge in [-0.15, -0.1) is 0 Å². The van der Waals surface area contributed by atoms with Crippen molar-refractivity contribution in [1.82, 2.24) is 9.88 Å². The first-order valence-electron chi connectivity index (χ1n) is 8.68. The third-order valence-electron chi connectivity index (χ3n) is 4.52. The molecule has 0 bridgehead atoms. The van der Waals surface area contributed by atoms with Crippen LogP contribution >= 0.6 is 0 Å². The number of carbonyl (C=O) groups is 2. The fraction of sp³-hybridized carbons (Fsp3) is 0.421. The standard InChI is InChI=1S/C19H22N2O4/c1-13(18(23)21-10-6-2-3-7-11-21)25-19(24)15-12-17(22)20-16-9-5-4-8-14(15)16/h4-5,8-9,12-13H,2-3,6-7,10-11H2,1H3,(H,20,22)/t13-/m1/s1. The molecule has 1 aliphatic heterocycles. The zero-order chi connectivity index (χ0) is 17.8. The third kappa shape index (κ3) is 3.90. The van der Waals surface area contributed by atoms with E-state index in [1.807, 2.05) is 0 Å². The second-order valence-corrected chi connectivity index (χ2v) is 6.38. The number of fused-ring (bicyclic) bond motifs is 1. The predicted octanol–water partition coefficient (Wildman–Crippen LogP) is 2.48. The summed E-state index contributed by atoms with van der Waals surface area (Å²) in [6, 6.07) is 8.23. The SMILES string of the molecule is C[C@@H](OC(=O)c1cc(=O)[nH]c2ccccc12)C(=O)N1CCCCCC1. The number of aromatic nitrogens is 1. The summed E-state index contributed by atoms with van der Waals surface area (Å²) in [6.45, 7) is 2.99. The van der Waals surface area contributed by atoms with Gasteiger partial charge < -0.3 is 14.6 Å². The Bertz CT molecular complexity index is 835. The highest BCUT2D eigenvalue weighted by Gasteiger charge is 2.25. The minimum Gasteiger partial charge on any atom is -0.449 e. The molecule has 0 aliphatic carbocycles. The molecule has 132 valence electrons. The van der Waals surface area contributed by atoms with Crippen LogP contribution < -0.4 is 5.56 Å². The van der Waals surface area contributed by atoms with Gasteiger partial charge in [-0.2, -0.15) is 0 Å². The number of para-hydroxylation sites is 1. The van der Waals surface area contributed by atoms with E-state index in [-0.39, 0.29) is 17.0 Å². The van der Waals surface area contributed by atoms with Crippen molar-refractivity contribution in [2.75, 3.05) is 13.1 Å². The normalized spacial score (nSPS) is 16.3. The van der Waals surface area contributed by atoms with Crippen molar-refractivity contribution in [2.24, 2.45) is 0 Å². The van der Waals surface area contributed by atoms with Crippen LogP contribution in [0.5, 0.6) is 0 Å². The fourth-order valence-electron chi connectivity index (χ4n) is 3.20. The van der Waals surface area contributed by atoms with Gasteiger partial charge in [0.25, 0.3) is 5.91 Å². The molecule has 2 aromatic rings. The van der Waals surface area contributed by atoms with Crippen molar-refractivity contribution in [3.63, 3.8) is 0 Å². The highest BCUT2D eigenvalue weighted by molar-refractivity contribution is 6.03. The van der Waals surface area contributed by atoms with E-state index in [1.54, 1.807) is 36.1 Å². The van der Waals surface area contributed by atoms with Crippen molar-refractivity contribution >= 4 is 22.8 Å². The fourth-order valence-corrected chi connectivity index (χ4v) is 3.20. The first kappa shape index (κ1) is 17.2. The van der Waals surface area contributed by atoms with Crippen molar-refractivity contribution in [1.29, 1.82) is 0 Å². The number of H-pyrrole nitrogens is 1. The zero-order valence-corrected chi connectivity index (χ0v) is 14.3. The molecule has 1 aliphatic rings. The average Bonchev–Trinajstić information content (AvgIpc) is 2.89. The van der Waals surface area contributed by atoms with Gasteiger partial charge in [0.15, 0.2) is 6.10 Å². The maximum atomic E-state index is 12.5. The van der Waals surface area contributed by atoms with Gasteiger partial charge in [-0.3, -0.25) is 9.59 Å². The lowest BCUT2D eigenvalue weighted by Crippen LogP contribution is -2.40. The second-order valence-electron chi connectivity index (χ2n) is 6.38. The van der Waals surface area contributed by atoms with E-state index in [2.05, 4.69) is 4.98 Å². The van der Waals surface area contributed by atoms with Gasteiger partial charge in [-0.25, -0.2) is 4.79 Å². The van der Waals surface area contributed by atoms with E-state index in [0.717, 1.165) is 25.7 Å². The Labute approximate surface area is 145 Å². The quantitative estimate of drug-likeness (QED) is 0.869. The summed E-state index contributed by atoms with van der Waals surface area (Å²) in [7, 11) is 0. The Morgan fingerprint density at radius 1 is 1.12 bits per heavy atom. The molecule has 6 nitrogen and oxygen atoms in total. The molecule has 2 heterocycles. The molecular formula is C19H22N2O4. The number of hydrogen-bond donors (Lipinski definition) is 1. The molecule has 1 aromatic carbocycles. The van der Waals surface area contributed by atoms with Gasteiger partial charge in [0.05, 0.1) is 5.56 Å². The summed E-state index contributed by atoms with van der Waals surface area (Å²) in [5, 5.41) is 0.599. The van der Waals surface area contributed by atoms with Crippen molar-refractivity contribution in [3.05, 3.63) is 46.2 Å². The van der Waals surface area contributed by atoms with Crippen LogP contribution in [0.15, 0.2) is 35.1 Å². The van der Waals surface area contributed by atoms with Crippen LogP contribution in [0.4, 0.5) is 0 Å². The number of ether oxygens (including phenoxy) is 1. The summed E-state index contributed by atoms with van der Waals surface area (Å²) >= 11 is 0. The number of likely N-dealkylation sites (tertiary alicyclic amines) is 1. The number of hydrogen-bond acceptors (Lipinski definition) is 4. The lowest BCUT2D eigenvalue weighted by Gasteiger charge is -2.24. The molecule has 25 heavy (non-hydrogen) atoms. The van der Waals surface area contributed by atoms with Crippen LogP contribution in [0.2, 0.25) is 0 Å². The number of amides is 1. The number of aromatic amines is 1. The van der Waals surface area contributed by atoms with Gasteiger partial charge >= 0.3 is 5.97 Å². The smallest absolute Gasteiger partial charge is 0.339 e. The third-order valence-corrected chi connectivity index (χ3v) is 4.52. The predicted molar refractivity (Wildman–Crippen MR) is 94.5 cm³/mol. The number of rotatable bonds is 3. The number of nitrogens with zero attached hydrogens (tertiary/aromatic N) is 1. The topological polar surface area (TPSA) is 79.5 Å².